The first-order valence-corrected chi connectivity index (χ1v) is 8.47. The van der Waals surface area contributed by atoms with Gasteiger partial charge in [0, 0.05) is 12.1 Å². The number of rotatable bonds is 6. The summed E-state index contributed by atoms with van der Waals surface area (Å²) >= 11 is 7.22. The number of hydrogen-bond acceptors (Lipinski definition) is 7. The highest BCUT2D eigenvalue weighted by Gasteiger charge is 2.13. The van der Waals surface area contributed by atoms with Crippen LogP contribution in [-0.4, -0.2) is 29.5 Å². The summed E-state index contributed by atoms with van der Waals surface area (Å²) in [5, 5.41) is 13.8. The number of anilines is 1. The molecule has 0 radical (unpaired) electrons. The molecule has 1 N–H and O–H groups in total. The number of carbonyl (C=O) groups excluding carboxylic acids is 1. The predicted molar refractivity (Wildman–Crippen MR) is 98.4 cm³/mol. The van der Waals surface area contributed by atoms with E-state index < -0.39 is 10.8 Å². The molecule has 0 saturated heterocycles. The van der Waals surface area contributed by atoms with Crippen molar-refractivity contribution in [2.24, 2.45) is 0 Å². The zero-order valence-corrected chi connectivity index (χ0v) is 15.0. The molecule has 0 aliphatic carbocycles. The maximum absolute atomic E-state index is 12.0. The van der Waals surface area contributed by atoms with Crippen LogP contribution in [0.25, 0.3) is 10.2 Å². The second-order valence-electron chi connectivity index (χ2n) is 5.06. The molecule has 1 aromatic heterocycles. The molecule has 134 valence electrons. The van der Waals surface area contributed by atoms with Crippen LogP contribution in [0.4, 0.5) is 10.8 Å². The molecule has 0 fully saturated rings. The number of methoxy groups -OCH3 is 1. The van der Waals surface area contributed by atoms with Gasteiger partial charge in [-0.2, -0.15) is 0 Å². The van der Waals surface area contributed by atoms with Crippen LogP contribution >= 0.6 is 22.9 Å². The molecule has 0 bridgehead atoms. The summed E-state index contributed by atoms with van der Waals surface area (Å²) in [7, 11) is 1.57. The lowest BCUT2D eigenvalue weighted by molar-refractivity contribution is -0.384. The lowest BCUT2D eigenvalue weighted by Crippen LogP contribution is -2.20. The van der Waals surface area contributed by atoms with Crippen LogP contribution in [0.3, 0.4) is 0 Å². The van der Waals surface area contributed by atoms with Crippen LogP contribution in [0.2, 0.25) is 5.02 Å². The van der Waals surface area contributed by atoms with E-state index in [0.717, 1.165) is 16.3 Å². The number of nitro benzene ring substituents is 1. The Bertz CT molecular complexity index is 991. The highest BCUT2D eigenvalue weighted by Crippen LogP contribution is 2.30. The number of non-ortho nitro benzene ring substituents is 1. The van der Waals surface area contributed by atoms with E-state index in [0.29, 0.717) is 10.9 Å². The van der Waals surface area contributed by atoms with Crippen LogP contribution in [0.1, 0.15) is 0 Å². The molecular formula is C16H12ClN3O5S. The maximum Gasteiger partial charge on any atom is 0.271 e. The second kappa shape index (κ2) is 7.54. The number of nitrogens with zero attached hydrogens (tertiary/aromatic N) is 2. The molecule has 0 atom stereocenters. The first-order chi connectivity index (χ1) is 12.5. The highest BCUT2D eigenvalue weighted by atomic mass is 35.5. The lowest BCUT2D eigenvalue weighted by Gasteiger charge is -2.07. The molecular weight excluding hydrogens is 382 g/mol. The number of halogens is 1. The number of nitrogens with one attached hydrogen (secondary N) is 1. The van der Waals surface area contributed by atoms with Gasteiger partial charge in [-0.15, -0.1) is 0 Å². The number of thiazole rings is 1. The van der Waals surface area contributed by atoms with Gasteiger partial charge in [0.05, 0.1) is 27.3 Å². The summed E-state index contributed by atoms with van der Waals surface area (Å²) in [5.74, 6) is 0.460. The number of aromatic nitrogens is 1. The molecule has 0 unspecified atom stereocenters. The first kappa shape index (κ1) is 17.9. The van der Waals surface area contributed by atoms with Crippen molar-refractivity contribution >= 4 is 49.9 Å². The number of nitro groups is 1. The molecule has 3 aromatic rings. The summed E-state index contributed by atoms with van der Waals surface area (Å²) in [5.41, 5.74) is 0.585. The fraction of sp³-hybridized carbons (Fsp3) is 0.125. The molecule has 8 nitrogen and oxygen atoms in total. The van der Waals surface area contributed by atoms with Gasteiger partial charge in [0.25, 0.3) is 11.6 Å². The van der Waals surface area contributed by atoms with Crippen molar-refractivity contribution in [2.75, 3.05) is 19.0 Å². The van der Waals surface area contributed by atoms with Gasteiger partial charge < -0.3 is 9.47 Å². The Morgan fingerprint density at radius 2 is 2.15 bits per heavy atom. The zero-order valence-electron chi connectivity index (χ0n) is 13.4. The Hall–Kier alpha value is -2.91. The van der Waals surface area contributed by atoms with E-state index in [-0.39, 0.29) is 23.1 Å². The number of hydrogen-bond donors (Lipinski definition) is 1. The molecule has 0 aliphatic heterocycles. The molecule has 26 heavy (non-hydrogen) atoms. The Labute approximate surface area is 156 Å². The Balaban J connectivity index is 1.63. The third-order valence-corrected chi connectivity index (χ3v) is 4.56. The van der Waals surface area contributed by atoms with E-state index in [1.54, 1.807) is 19.2 Å². The predicted octanol–water partition coefficient (Wildman–Crippen LogP) is 3.88. The molecule has 10 heteroatoms. The summed E-state index contributed by atoms with van der Waals surface area (Å²) in [6, 6.07) is 9.17. The van der Waals surface area contributed by atoms with Gasteiger partial charge in [-0.3, -0.25) is 20.2 Å². The van der Waals surface area contributed by atoms with Gasteiger partial charge in [0.1, 0.15) is 11.5 Å². The molecule has 0 aliphatic rings. The summed E-state index contributed by atoms with van der Waals surface area (Å²) in [6.07, 6.45) is 0. The van der Waals surface area contributed by atoms with E-state index in [2.05, 4.69) is 10.3 Å². The number of amides is 1. The smallest absolute Gasteiger partial charge is 0.271 e. The number of benzene rings is 2. The number of ether oxygens (including phenoxy) is 2. The van der Waals surface area contributed by atoms with Gasteiger partial charge in [-0.1, -0.05) is 22.9 Å². The van der Waals surface area contributed by atoms with E-state index in [9.17, 15) is 14.9 Å². The van der Waals surface area contributed by atoms with E-state index in [4.69, 9.17) is 21.1 Å². The van der Waals surface area contributed by atoms with Gasteiger partial charge >= 0.3 is 0 Å². The Morgan fingerprint density at radius 1 is 1.35 bits per heavy atom. The number of carbonyl (C=O) groups is 1. The minimum absolute atomic E-state index is 0.0547. The van der Waals surface area contributed by atoms with Crippen LogP contribution < -0.4 is 14.8 Å². The maximum atomic E-state index is 12.0. The SMILES string of the molecule is COc1ccc2nc(NC(=O)COc3ccc([N+](=O)[O-])cc3Cl)sc2c1. The number of fused-ring (bicyclic) bond motifs is 1. The average molecular weight is 394 g/mol. The summed E-state index contributed by atoms with van der Waals surface area (Å²) in [4.78, 5) is 26.4. The second-order valence-corrected chi connectivity index (χ2v) is 6.50. The van der Waals surface area contributed by atoms with E-state index in [1.165, 1.54) is 23.5 Å². The molecule has 1 amide bonds. The molecule has 2 aromatic carbocycles. The highest BCUT2D eigenvalue weighted by molar-refractivity contribution is 7.22. The minimum Gasteiger partial charge on any atom is -0.497 e. The van der Waals surface area contributed by atoms with Crippen LogP contribution in [-0.2, 0) is 4.79 Å². The van der Waals surface area contributed by atoms with Crippen molar-refractivity contribution in [1.29, 1.82) is 0 Å². The Morgan fingerprint density at radius 3 is 2.85 bits per heavy atom. The largest absolute Gasteiger partial charge is 0.497 e. The van der Waals surface area contributed by atoms with Gasteiger partial charge in [-0.05, 0) is 24.3 Å². The van der Waals surface area contributed by atoms with Gasteiger partial charge in [0.15, 0.2) is 11.7 Å². The quantitative estimate of drug-likeness (QED) is 0.503. The van der Waals surface area contributed by atoms with Crippen molar-refractivity contribution in [1.82, 2.24) is 4.98 Å². The monoisotopic (exact) mass is 393 g/mol. The van der Waals surface area contributed by atoms with Crippen LogP contribution in [0.5, 0.6) is 11.5 Å². The minimum atomic E-state index is -0.565. The Kier molecular flexibility index (Phi) is 5.19. The van der Waals surface area contributed by atoms with Gasteiger partial charge in [-0.25, -0.2) is 4.98 Å². The van der Waals surface area contributed by atoms with Crippen molar-refractivity contribution in [3.05, 3.63) is 51.5 Å². The topological polar surface area (TPSA) is 104 Å². The third-order valence-electron chi connectivity index (χ3n) is 3.33. The summed E-state index contributed by atoms with van der Waals surface area (Å²) < 4.78 is 11.3. The van der Waals surface area contributed by atoms with Crippen molar-refractivity contribution in [2.45, 2.75) is 0 Å². The van der Waals surface area contributed by atoms with Gasteiger partial charge in [0.2, 0.25) is 0 Å². The van der Waals surface area contributed by atoms with Crippen LogP contribution in [0.15, 0.2) is 36.4 Å². The van der Waals surface area contributed by atoms with Crippen molar-refractivity contribution in [3.63, 3.8) is 0 Å². The van der Waals surface area contributed by atoms with E-state index >= 15 is 0 Å². The normalized spacial score (nSPS) is 10.5. The lowest BCUT2D eigenvalue weighted by atomic mass is 10.3. The molecule has 3 rings (SSSR count). The molecule has 1 heterocycles. The molecule has 0 spiro atoms. The third kappa shape index (κ3) is 4.01. The van der Waals surface area contributed by atoms with Crippen molar-refractivity contribution in [3.8, 4) is 11.5 Å². The van der Waals surface area contributed by atoms with E-state index in [1.807, 2.05) is 6.07 Å². The summed E-state index contributed by atoms with van der Waals surface area (Å²) in [6.45, 7) is -0.309. The first-order valence-electron chi connectivity index (χ1n) is 7.27. The standard InChI is InChI=1S/C16H12ClN3O5S/c1-24-10-3-4-12-14(7-10)26-16(18-12)19-15(21)8-25-13-5-2-9(20(22)23)6-11(13)17/h2-7H,8H2,1H3,(H,18,19,21). The molecule has 0 saturated carbocycles. The van der Waals surface area contributed by atoms with Crippen molar-refractivity contribution < 1.29 is 19.2 Å². The fourth-order valence-electron chi connectivity index (χ4n) is 2.10. The fourth-order valence-corrected chi connectivity index (χ4v) is 3.24. The average Bonchev–Trinajstić information content (AvgIpc) is 3.01. The van der Waals surface area contributed by atoms with Crippen LogP contribution in [0, 0.1) is 10.1 Å². The zero-order chi connectivity index (χ0) is 18.7.